The highest BCUT2D eigenvalue weighted by Crippen LogP contribution is 2.35. The van der Waals surface area contributed by atoms with Crippen molar-refractivity contribution in [2.45, 2.75) is 70.3 Å². The number of likely N-dealkylation sites (N-methyl/N-ethyl adjacent to an activating group) is 1. The molecule has 3 unspecified atom stereocenters. The summed E-state index contributed by atoms with van der Waals surface area (Å²) in [7, 11) is 1.58. The molecule has 1 aliphatic carbocycles. The van der Waals surface area contributed by atoms with Gasteiger partial charge in [0.15, 0.2) is 0 Å². The van der Waals surface area contributed by atoms with E-state index in [9.17, 15) is 27.9 Å². The highest BCUT2D eigenvalue weighted by molar-refractivity contribution is 6.20. The van der Waals surface area contributed by atoms with Crippen molar-refractivity contribution in [3.8, 4) is 0 Å². The zero-order chi connectivity index (χ0) is 27.4. The van der Waals surface area contributed by atoms with Crippen molar-refractivity contribution in [1.82, 2.24) is 5.32 Å². The SMILES string of the molecule is CCCCC(O)C(CC1CCC1)C(=O)NC1N=C(c2ccc(C(F)(F)F)cc2)c2ccccc2N(C)C1=O. The fraction of sp³-hybridized carbons (Fsp3) is 0.483. The number of aliphatic hydroxyl groups excluding tert-OH is 1. The van der Waals surface area contributed by atoms with Crippen LogP contribution in [0.1, 0.15) is 68.6 Å². The summed E-state index contributed by atoms with van der Waals surface area (Å²) in [6.07, 6.45) is -0.760. The Morgan fingerprint density at radius 3 is 2.45 bits per heavy atom. The molecule has 0 aromatic heterocycles. The van der Waals surface area contributed by atoms with Gasteiger partial charge in [-0.3, -0.25) is 9.59 Å². The first kappa shape index (κ1) is 27.8. The van der Waals surface area contributed by atoms with Gasteiger partial charge in [-0.05, 0) is 37.0 Å². The smallest absolute Gasteiger partial charge is 0.392 e. The van der Waals surface area contributed by atoms with E-state index in [2.05, 4.69) is 10.3 Å². The molecule has 2 aromatic carbocycles. The first-order chi connectivity index (χ1) is 18.1. The third kappa shape index (κ3) is 6.09. The van der Waals surface area contributed by atoms with Crippen LogP contribution in [-0.2, 0) is 15.8 Å². The van der Waals surface area contributed by atoms with Gasteiger partial charge in [-0.1, -0.05) is 69.4 Å². The van der Waals surface area contributed by atoms with Gasteiger partial charge in [-0.25, -0.2) is 4.99 Å². The Labute approximate surface area is 220 Å². The minimum absolute atomic E-state index is 0.305. The Kier molecular flexibility index (Phi) is 8.55. The maximum Gasteiger partial charge on any atom is 0.416 e. The number of rotatable bonds is 9. The number of halogens is 3. The third-order valence-corrected chi connectivity index (χ3v) is 7.57. The number of carbonyl (C=O) groups excluding carboxylic acids is 2. The average Bonchev–Trinajstić information content (AvgIpc) is 2.97. The molecule has 4 rings (SSSR count). The number of hydrogen-bond donors (Lipinski definition) is 2. The number of nitrogens with one attached hydrogen (secondary N) is 1. The molecule has 6 nitrogen and oxygen atoms in total. The highest BCUT2D eigenvalue weighted by Gasteiger charge is 2.36. The molecule has 38 heavy (non-hydrogen) atoms. The van der Waals surface area contributed by atoms with Gasteiger partial charge >= 0.3 is 6.18 Å². The fourth-order valence-corrected chi connectivity index (χ4v) is 5.05. The highest BCUT2D eigenvalue weighted by atomic mass is 19.4. The zero-order valence-corrected chi connectivity index (χ0v) is 21.7. The first-order valence-electron chi connectivity index (χ1n) is 13.2. The van der Waals surface area contributed by atoms with Crippen LogP contribution in [0.25, 0.3) is 0 Å². The molecule has 2 aliphatic rings. The van der Waals surface area contributed by atoms with Gasteiger partial charge in [-0.15, -0.1) is 0 Å². The second kappa shape index (κ2) is 11.7. The van der Waals surface area contributed by atoms with E-state index in [0.717, 1.165) is 44.2 Å². The van der Waals surface area contributed by atoms with Crippen LogP contribution in [0.3, 0.4) is 0 Å². The molecule has 1 aliphatic heterocycles. The van der Waals surface area contributed by atoms with Crippen LogP contribution < -0.4 is 10.2 Å². The van der Waals surface area contributed by atoms with Crippen LogP contribution >= 0.6 is 0 Å². The lowest BCUT2D eigenvalue weighted by Crippen LogP contribution is -2.50. The number of unbranched alkanes of at least 4 members (excludes halogenated alkanes) is 1. The van der Waals surface area contributed by atoms with E-state index in [1.165, 1.54) is 17.0 Å². The summed E-state index contributed by atoms with van der Waals surface area (Å²) in [4.78, 5) is 32.9. The fourth-order valence-electron chi connectivity index (χ4n) is 5.05. The number of benzodiazepines with no additional fused rings is 1. The summed E-state index contributed by atoms with van der Waals surface area (Å²) in [5, 5.41) is 13.6. The topological polar surface area (TPSA) is 82.0 Å². The van der Waals surface area contributed by atoms with Crippen molar-refractivity contribution in [3.63, 3.8) is 0 Å². The molecule has 9 heteroatoms. The van der Waals surface area contributed by atoms with Crippen molar-refractivity contribution in [2.24, 2.45) is 16.8 Å². The molecule has 0 bridgehead atoms. The van der Waals surface area contributed by atoms with E-state index in [1.54, 1.807) is 31.3 Å². The lowest BCUT2D eigenvalue weighted by Gasteiger charge is -2.32. The Bertz CT molecular complexity index is 1180. The number of aliphatic imine (C=N–C) groups is 1. The predicted molar refractivity (Wildman–Crippen MR) is 140 cm³/mol. The summed E-state index contributed by atoms with van der Waals surface area (Å²) in [6, 6.07) is 11.6. The third-order valence-electron chi connectivity index (χ3n) is 7.57. The molecule has 2 aromatic rings. The number of alkyl halides is 3. The summed E-state index contributed by atoms with van der Waals surface area (Å²) < 4.78 is 39.5. The Hall–Kier alpha value is -3.20. The number of benzene rings is 2. The lowest BCUT2D eigenvalue weighted by molar-refractivity contribution is -0.137. The summed E-state index contributed by atoms with van der Waals surface area (Å²) in [5.41, 5.74) is 0.999. The van der Waals surface area contributed by atoms with Gasteiger partial charge in [-0.2, -0.15) is 13.2 Å². The van der Waals surface area contributed by atoms with Crippen molar-refractivity contribution in [2.75, 3.05) is 11.9 Å². The van der Waals surface area contributed by atoms with E-state index >= 15 is 0 Å². The Morgan fingerprint density at radius 2 is 1.84 bits per heavy atom. The summed E-state index contributed by atoms with van der Waals surface area (Å²) >= 11 is 0. The molecule has 0 saturated heterocycles. The summed E-state index contributed by atoms with van der Waals surface area (Å²) in [6.45, 7) is 2.02. The molecule has 204 valence electrons. The minimum atomic E-state index is -4.48. The van der Waals surface area contributed by atoms with Gasteiger partial charge in [0, 0.05) is 18.2 Å². The van der Waals surface area contributed by atoms with Crippen LogP contribution in [0.5, 0.6) is 0 Å². The van der Waals surface area contributed by atoms with Gasteiger partial charge in [0.2, 0.25) is 12.1 Å². The van der Waals surface area contributed by atoms with Gasteiger partial charge in [0.1, 0.15) is 0 Å². The quantitative estimate of drug-likeness (QED) is 0.461. The van der Waals surface area contributed by atoms with E-state index in [0.29, 0.717) is 41.3 Å². The number of hydrogen-bond acceptors (Lipinski definition) is 4. The molecule has 1 saturated carbocycles. The number of fused-ring (bicyclic) bond motifs is 1. The first-order valence-corrected chi connectivity index (χ1v) is 13.2. The van der Waals surface area contributed by atoms with Crippen LogP contribution in [0, 0.1) is 11.8 Å². The normalized spacial score (nSPS) is 19.6. The van der Waals surface area contributed by atoms with Crippen LogP contribution in [0.15, 0.2) is 53.5 Å². The zero-order valence-electron chi connectivity index (χ0n) is 21.7. The number of nitrogens with zero attached hydrogens (tertiary/aromatic N) is 2. The van der Waals surface area contributed by atoms with E-state index < -0.39 is 41.7 Å². The van der Waals surface area contributed by atoms with Gasteiger partial charge in [0.05, 0.1) is 29.0 Å². The van der Waals surface area contributed by atoms with Crippen LogP contribution in [0.2, 0.25) is 0 Å². The van der Waals surface area contributed by atoms with E-state index in [1.807, 2.05) is 6.92 Å². The van der Waals surface area contributed by atoms with Crippen molar-refractivity contribution in [3.05, 3.63) is 65.2 Å². The van der Waals surface area contributed by atoms with E-state index in [-0.39, 0.29) is 0 Å². The molecule has 0 radical (unpaired) electrons. The molecular formula is C29H34F3N3O3. The second-order valence-electron chi connectivity index (χ2n) is 10.2. The predicted octanol–water partition coefficient (Wildman–Crippen LogP) is 5.32. The largest absolute Gasteiger partial charge is 0.416 e. The Balaban J connectivity index is 1.68. The minimum Gasteiger partial charge on any atom is -0.392 e. The molecule has 1 heterocycles. The number of para-hydroxylation sites is 1. The van der Waals surface area contributed by atoms with Crippen LogP contribution in [0.4, 0.5) is 18.9 Å². The maximum atomic E-state index is 13.5. The monoisotopic (exact) mass is 529 g/mol. The van der Waals surface area contributed by atoms with Crippen molar-refractivity contribution >= 4 is 23.2 Å². The maximum absolute atomic E-state index is 13.5. The van der Waals surface area contributed by atoms with Crippen LogP contribution in [-0.4, -0.2) is 41.9 Å². The lowest BCUT2D eigenvalue weighted by atomic mass is 9.76. The number of amides is 2. The van der Waals surface area contributed by atoms with Gasteiger partial charge in [0.25, 0.3) is 5.91 Å². The van der Waals surface area contributed by atoms with Crippen molar-refractivity contribution < 1.29 is 27.9 Å². The number of carbonyl (C=O) groups is 2. The number of aliphatic hydroxyl groups is 1. The second-order valence-corrected chi connectivity index (χ2v) is 10.2. The van der Waals surface area contributed by atoms with Gasteiger partial charge < -0.3 is 15.3 Å². The van der Waals surface area contributed by atoms with Crippen molar-refractivity contribution in [1.29, 1.82) is 0 Å². The molecule has 2 amide bonds. The summed E-state index contributed by atoms with van der Waals surface area (Å²) in [5.74, 6) is -1.21. The average molecular weight is 530 g/mol. The molecule has 0 spiro atoms. The number of anilines is 1. The molecular weight excluding hydrogens is 495 g/mol. The standard InChI is InChI=1S/C29H34F3N3O3/c1-3-4-12-24(36)22(17-18-8-7-9-18)27(37)34-26-28(38)35(2)23-11-6-5-10-21(23)25(33-26)19-13-15-20(16-14-19)29(30,31)32/h5-6,10-11,13-16,18,22,24,26,36H,3-4,7-9,12,17H2,1-2H3,(H,34,37). The molecule has 1 fully saturated rings. The molecule has 2 N–H and O–H groups in total. The van der Waals surface area contributed by atoms with E-state index in [4.69, 9.17) is 0 Å². The molecule has 3 atom stereocenters. The Morgan fingerprint density at radius 1 is 1.16 bits per heavy atom.